The van der Waals surface area contributed by atoms with Gasteiger partial charge in [0.2, 0.25) is 0 Å². The number of halogens is 1. The number of hydrogen-bond donors (Lipinski definition) is 0. The van der Waals surface area contributed by atoms with Crippen LogP contribution in [0.4, 0.5) is 0 Å². The Labute approximate surface area is 115 Å². The van der Waals surface area contributed by atoms with E-state index < -0.39 is 0 Å². The van der Waals surface area contributed by atoms with Crippen molar-refractivity contribution in [2.24, 2.45) is 0 Å². The van der Waals surface area contributed by atoms with E-state index in [-0.39, 0.29) is 0 Å². The second-order valence-electron chi connectivity index (χ2n) is 4.91. The van der Waals surface area contributed by atoms with Crippen LogP contribution in [-0.2, 0) is 4.74 Å². The van der Waals surface area contributed by atoms with E-state index in [4.69, 9.17) is 4.74 Å². The summed E-state index contributed by atoms with van der Waals surface area (Å²) in [4.78, 5) is 4.95. The van der Waals surface area contributed by atoms with E-state index in [1.807, 2.05) is 0 Å². The van der Waals surface area contributed by atoms with Gasteiger partial charge in [0, 0.05) is 37.6 Å². The maximum absolute atomic E-state index is 5.87. The summed E-state index contributed by atoms with van der Waals surface area (Å²) < 4.78 is 5.87. The van der Waals surface area contributed by atoms with Crippen molar-refractivity contribution in [2.45, 2.75) is 38.8 Å². The predicted octanol–water partition coefficient (Wildman–Crippen LogP) is 2.20. The highest BCUT2D eigenvalue weighted by Crippen LogP contribution is 2.13. The van der Waals surface area contributed by atoms with E-state index in [9.17, 15) is 0 Å². The van der Waals surface area contributed by atoms with E-state index >= 15 is 0 Å². The highest BCUT2D eigenvalue weighted by atomic mass is 79.9. The summed E-state index contributed by atoms with van der Waals surface area (Å²) in [5, 5.41) is 1.05. The van der Waals surface area contributed by atoms with Crippen LogP contribution in [0.15, 0.2) is 0 Å². The number of morpholine rings is 1. The Bertz CT molecular complexity index is 200. The van der Waals surface area contributed by atoms with Gasteiger partial charge in [-0.05, 0) is 19.9 Å². The van der Waals surface area contributed by atoms with E-state index in [0.717, 1.165) is 38.1 Å². The lowest BCUT2D eigenvalue weighted by atomic mass is 10.1. The third kappa shape index (κ3) is 5.25. The first-order valence-corrected chi connectivity index (χ1v) is 7.93. The maximum atomic E-state index is 5.87. The molecule has 4 heteroatoms. The van der Waals surface area contributed by atoms with Gasteiger partial charge in [-0.15, -0.1) is 0 Å². The topological polar surface area (TPSA) is 15.7 Å². The van der Waals surface area contributed by atoms with Crippen LogP contribution in [0, 0.1) is 0 Å². The fraction of sp³-hybridized carbons (Fsp3) is 1.00. The summed E-state index contributed by atoms with van der Waals surface area (Å²) in [5.74, 6) is 0. The van der Waals surface area contributed by atoms with Crippen molar-refractivity contribution in [3.8, 4) is 0 Å². The largest absolute Gasteiger partial charge is 0.374 e. The average molecular weight is 307 g/mol. The Kier molecular flexibility index (Phi) is 7.67. The molecule has 1 heterocycles. The van der Waals surface area contributed by atoms with Crippen molar-refractivity contribution in [3.63, 3.8) is 0 Å². The first kappa shape index (κ1) is 15.4. The first-order chi connectivity index (χ1) is 8.21. The van der Waals surface area contributed by atoms with Crippen molar-refractivity contribution >= 4 is 15.9 Å². The fourth-order valence-corrected chi connectivity index (χ4v) is 3.03. The van der Waals surface area contributed by atoms with Crippen LogP contribution in [0.3, 0.4) is 0 Å². The molecule has 17 heavy (non-hydrogen) atoms. The second kappa shape index (κ2) is 8.46. The quantitative estimate of drug-likeness (QED) is 0.671. The molecule has 0 radical (unpaired) electrons. The molecule has 1 saturated heterocycles. The van der Waals surface area contributed by atoms with Crippen LogP contribution in [0.2, 0.25) is 0 Å². The van der Waals surface area contributed by atoms with E-state index in [2.05, 4.69) is 46.6 Å². The van der Waals surface area contributed by atoms with E-state index in [1.165, 1.54) is 12.8 Å². The van der Waals surface area contributed by atoms with Crippen molar-refractivity contribution in [2.75, 3.05) is 45.2 Å². The van der Waals surface area contributed by atoms with Gasteiger partial charge in [0.05, 0.1) is 12.7 Å². The molecule has 1 aliphatic heterocycles. The minimum Gasteiger partial charge on any atom is -0.374 e. The van der Waals surface area contributed by atoms with Crippen LogP contribution in [0.5, 0.6) is 0 Å². The van der Waals surface area contributed by atoms with Crippen LogP contribution in [-0.4, -0.2) is 67.1 Å². The zero-order valence-electron chi connectivity index (χ0n) is 11.5. The molecule has 0 bridgehead atoms. The van der Waals surface area contributed by atoms with Gasteiger partial charge >= 0.3 is 0 Å². The molecule has 1 aliphatic rings. The monoisotopic (exact) mass is 306 g/mol. The molecule has 0 N–H and O–H groups in total. The van der Waals surface area contributed by atoms with Gasteiger partial charge in [0.25, 0.3) is 0 Å². The summed E-state index contributed by atoms with van der Waals surface area (Å²) in [6.45, 7) is 9.77. The molecule has 1 fully saturated rings. The molecule has 3 nitrogen and oxygen atoms in total. The van der Waals surface area contributed by atoms with Crippen LogP contribution < -0.4 is 0 Å². The molecule has 102 valence electrons. The second-order valence-corrected chi connectivity index (χ2v) is 5.70. The lowest BCUT2D eigenvalue weighted by Crippen LogP contribution is -2.48. The minimum atomic E-state index is 0.383. The summed E-state index contributed by atoms with van der Waals surface area (Å²) in [7, 11) is 2.18. The third-order valence-electron chi connectivity index (χ3n) is 3.61. The molecule has 0 aromatic rings. The SMILES string of the molecule is CCC(CC)N(CCBr)CC1CN(C)CCO1. The summed E-state index contributed by atoms with van der Waals surface area (Å²) in [5.41, 5.74) is 0. The van der Waals surface area contributed by atoms with Crippen LogP contribution >= 0.6 is 15.9 Å². The maximum Gasteiger partial charge on any atom is 0.0829 e. The molecule has 0 saturated carbocycles. The molecular weight excluding hydrogens is 280 g/mol. The third-order valence-corrected chi connectivity index (χ3v) is 3.97. The van der Waals surface area contributed by atoms with Gasteiger partial charge < -0.3 is 9.64 Å². The molecule has 0 spiro atoms. The smallest absolute Gasteiger partial charge is 0.0829 e. The molecule has 0 aromatic carbocycles. The molecular formula is C13H27BrN2O. The number of alkyl halides is 1. The van der Waals surface area contributed by atoms with Crippen LogP contribution in [0.1, 0.15) is 26.7 Å². The van der Waals surface area contributed by atoms with E-state index in [1.54, 1.807) is 0 Å². The number of nitrogens with zero attached hydrogens (tertiary/aromatic N) is 2. The zero-order chi connectivity index (χ0) is 12.7. The van der Waals surface area contributed by atoms with Gasteiger partial charge in [0.15, 0.2) is 0 Å². The summed E-state index contributed by atoms with van der Waals surface area (Å²) >= 11 is 3.56. The van der Waals surface area contributed by atoms with Crippen molar-refractivity contribution in [1.82, 2.24) is 9.80 Å². The highest BCUT2D eigenvalue weighted by molar-refractivity contribution is 9.09. The Balaban J connectivity index is 2.46. The number of rotatable bonds is 7. The van der Waals surface area contributed by atoms with Gasteiger partial charge in [-0.3, -0.25) is 4.90 Å². The van der Waals surface area contributed by atoms with Crippen LogP contribution in [0.25, 0.3) is 0 Å². The fourth-order valence-electron chi connectivity index (χ4n) is 2.58. The summed E-state index contributed by atoms with van der Waals surface area (Å²) in [6, 6.07) is 0.698. The lowest BCUT2D eigenvalue weighted by molar-refractivity contribution is -0.0409. The van der Waals surface area contributed by atoms with Gasteiger partial charge in [-0.1, -0.05) is 29.8 Å². The van der Waals surface area contributed by atoms with E-state index in [0.29, 0.717) is 12.1 Å². The lowest BCUT2D eigenvalue weighted by Gasteiger charge is -2.37. The Hall–Kier alpha value is 0.360. The minimum absolute atomic E-state index is 0.383. The Morgan fingerprint density at radius 1 is 1.41 bits per heavy atom. The molecule has 1 rings (SSSR count). The van der Waals surface area contributed by atoms with Crippen molar-refractivity contribution < 1.29 is 4.74 Å². The molecule has 0 aliphatic carbocycles. The van der Waals surface area contributed by atoms with Gasteiger partial charge in [0.1, 0.15) is 0 Å². The first-order valence-electron chi connectivity index (χ1n) is 6.81. The predicted molar refractivity (Wildman–Crippen MR) is 77.0 cm³/mol. The number of ether oxygens (including phenoxy) is 1. The van der Waals surface area contributed by atoms with Gasteiger partial charge in [-0.25, -0.2) is 0 Å². The van der Waals surface area contributed by atoms with Crippen molar-refractivity contribution in [3.05, 3.63) is 0 Å². The van der Waals surface area contributed by atoms with Crippen molar-refractivity contribution in [1.29, 1.82) is 0 Å². The molecule has 1 unspecified atom stereocenters. The number of hydrogen-bond acceptors (Lipinski definition) is 3. The molecule has 0 amide bonds. The average Bonchev–Trinajstić information content (AvgIpc) is 2.31. The normalized spacial score (nSPS) is 22.6. The van der Waals surface area contributed by atoms with Gasteiger partial charge in [-0.2, -0.15) is 0 Å². The molecule has 0 aromatic heterocycles. The zero-order valence-corrected chi connectivity index (χ0v) is 13.1. The molecule has 1 atom stereocenters. The number of likely N-dealkylation sites (N-methyl/N-ethyl adjacent to an activating group) is 1. The Morgan fingerprint density at radius 3 is 2.65 bits per heavy atom. The standard InChI is InChI=1S/C13H27BrN2O/c1-4-12(5-2)16(7-6-14)11-13-10-15(3)8-9-17-13/h12-13H,4-11H2,1-3H3. The summed E-state index contributed by atoms with van der Waals surface area (Å²) in [6.07, 6.45) is 2.84. The highest BCUT2D eigenvalue weighted by Gasteiger charge is 2.23. The Morgan fingerprint density at radius 2 is 2.12 bits per heavy atom.